The molecule has 23 heavy (non-hydrogen) atoms. The van der Waals surface area contributed by atoms with Crippen LogP contribution in [-0.4, -0.2) is 22.5 Å². The number of carbonyl (C=O) groups is 2. The maximum atomic E-state index is 12.8. The van der Waals surface area contributed by atoms with Crippen molar-refractivity contribution in [1.82, 2.24) is 4.90 Å². The summed E-state index contributed by atoms with van der Waals surface area (Å²) in [5, 5.41) is 0. The van der Waals surface area contributed by atoms with Crippen molar-refractivity contribution >= 4 is 12.0 Å². The van der Waals surface area contributed by atoms with Crippen LogP contribution in [0.1, 0.15) is 50.8 Å². The molecule has 0 unspecified atom stereocenters. The quantitative estimate of drug-likeness (QED) is 0.771. The van der Waals surface area contributed by atoms with Gasteiger partial charge in [0.15, 0.2) is 0 Å². The first-order valence-electron chi connectivity index (χ1n) is 7.21. The molecule has 1 aromatic carbocycles. The van der Waals surface area contributed by atoms with E-state index in [1.165, 1.54) is 12.1 Å². The van der Waals surface area contributed by atoms with Crippen molar-refractivity contribution < 1.29 is 27.5 Å². The van der Waals surface area contributed by atoms with Crippen LogP contribution in [0.5, 0.6) is 0 Å². The fourth-order valence-corrected chi connectivity index (χ4v) is 2.46. The Morgan fingerprint density at radius 1 is 1.26 bits per heavy atom. The van der Waals surface area contributed by atoms with Gasteiger partial charge in [-0.2, -0.15) is 13.2 Å². The van der Waals surface area contributed by atoms with Crippen molar-refractivity contribution in [2.24, 2.45) is 0 Å². The summed E-state index contributed by atoms with van der Waals surface area (Å²) < 4.78 is 43.7. The van der Waals surface area contributed by atoms with Gasteiger partial charge in [0, 0.05) is 6.42 Å². The fraction of sp³-hybridized carbons (Fsp3) is 0.500. The van der Waals surface area contributed by atoms with Crippen molar-refractivity contribution in [2.45, 2.75) is 51.4 Å². The van der Waals surface area contributed by atoms with Gasteiger partial charge in [-0.1, -0.05) is 12.1 Å². The summed E-state index contributed by atoms with van der Waals surface area (Å²) in [5.41, 5.74) is -1.33. The van der Waals surface area contributed by atoms with Gasteiger partial charge in [0.2, 0.25) is 5.91 Å². The van der Waals surface area contributed by atoms with Gasteiger partial charge in [-0.3, -0.25) is 4.79 Å². The van der Waals surface area contributed by atoms with Gasteiger partial charge < -0.3 is 4.74 Å². The SMILES string of the molecule is CC(C)(C)OC(=O)N1C(=O)CC[C@@H]1c1cccc(C(F)(F)F)c1. The Morgan fingerprint density at radius 2 is 1.91 bits per heavy atom. The second kappa shape index (κ2) is 5.86. The van der Waals surface area contributed by atoms with E-state index in [0.29, 0.717) is 0 Å². The Balaban J connectivity index is 2.31. The van der Waals surface area contributed by atoms with Gasteiger partial charge in [-0.15, -0.1) is 0 Å². The van der Waals surface area contributed by atoms with E-state index in [-0.39, 0.29) is 18.4 Å². The highest BCUT2D eigenvalue weighted by Gasteiger charge is 2.40. The monoisotopic (exact) mass is 329 g/mol. The summed E-state index contributed by atoms with van der Waals surface area (Å²) in [6.45, 7) is 4.97. The molecular formula is C16H18F3NO3. The molecule has 0 saturated carbocycles. The first-order valence-corrected chi connectivity index (χ1v) is 7.21. The van der Waals surface area contributed by atoms with Crippen LogP contribution in [0.2, 0.25) is 0 Å². The first kappa shape index (κ1) is 17.3. The van der Waals surface area contributed by atoms with E-state index in [1.807, 2.05) is 0 Å². The summed E-state index contributed by atoms with van der Waals surface area (Å²) in [7, 11) is 0. The highest BCUT2D eigenvalue weighted by Crippen LogP contribution is 2.37. The van der Waals surface area contributed by atoms with E-state index in [2.05, 4.69) is 0 Å². The number of imide groups is 1. The molecule has 0 radical (unpaired) electrons. The second-order valence-corrected chi connectivity index (χ2v) is 6.42. The van der Waals surface area contributed by atoms with Crippen LogP contribution in [-0.2, 0) is 15.7 Å². The zero-order valence-electron chi connectivity index (χ0n) is 13.1. The third-order valence-corrected chi connectivity index (χ3v) is 3.40. The Hall–Kier alpha value is -2.05. The van der Waals surface area contributed by atoms with Crippen molar-refractivity contribution in [3.63, 3.8) is 0 Å². The summed E-state index contributed by atoms with van der Waals surface area (Å²) in [6.07, 6.45) is -4.93. The lowest BCUT2D eigenvalue weighted by molar-refractivity contribution is -0.137. The smallest absolute Gasteiger partial charge is 0.417 e. The number of benzene rings is 1. The Kier molecular flexibility index (Phi) is 4.41. The highest BCUT2D eigenvalue weighted by atomic mass is 19.4. The average molecular weight is 329 g/mol. The topological polar surface area (TPSA) is 46.6 Å². The molecule has 0 N–H and O–H groups in total. The van der Waals surface area contributed by atoms with Crippen molar-refractivity contribution in [2.75, 3.05) is 0 Å². The molecule has 1 saturated heterocycles. The predicted molar refractivity (Wildman–Crippen MR) is 76.5 cm³/mol. The van der Waals surface area contributed by atoms with Gasteiger partial charge in [-0.25, -0.2) is 9.69 Å². The number of hydrogen-bond donors (Lipinski definition) is 0. The lowest BCUT2D eigenvalue weighted by Crippen LogP contribution is -2.39. The normalized spacial score (nSPS) is 19.1. The van der Waals surface area contributed by atoms with E-state index in [1.54, 1.807) is 20.8 Å². The molecular weight excluding hydrogens is 311 g/mol. The predicted octanol–water partition coefficient (Wildman–Crippen LogP) is 4.30. The van der Waals surface area contributed by atoms with E-state index in [9.17, 15) is 22.8 Å². The minimum atomic E-state index is -4.48. The number of likely N-dealkylation sites (tertiary alicyclic amines) is 1. The molecule has 1 aliphatic rings. The summed E-state index contributed by atoms with van der Waals surface area (Å²) in [4.78, 5) is 25.1. The Bertz CT molecular complexity index is 620. The van der Waals surface area contributed by atoms with Crippen LogP contribution < -0.4 is 0 Å². The van der Waals surface area contributed by atoms with Crippen LogP contribution in [0.15, 0.2) is 24.3 Å². The first-order chi connectivity index (χ1) is 10.5. The van der Waals surface area contributed by atoms with E-state index in [4.69, 9.17) is 4.74 Å². The summed E-state index contributed by atoms with van der Waals surface area (Å²) in [6, 6.07) is 3.95. The maximum Gasteiger partial charge on any atom is 0.417 e. The minimum Gasteiger partial charge on any atom is -0.443 e. The molecule has 0 spiro atoms. The van der Waals surface area contributed by atoms with Crippen molar-refractivity contribution in [3.8, 4) is 0 Å². The summed E-state index contributed by atoms with van der Waals surface area (Å²) >= 11 is 0. The molecule has 1 aromatic rings. The fourth-order valence-electron chi connectivity index (χ4n) is 2.46. The van der Waals surface area contributed by atoms with E-state index < -0.39 is 35.4 Å². The molecule has 0 aromatic heterocycles. The molecule has 1 atom stereocenters. The molecule has 2 rings (SSSR count). The summed E-state index contributed by atoms with van der Waals surface area (Å²) in [5.74, 6) is -0.443. The third kappa shape index (κ3) is 4.03. The molecule has 126 valence electrons. The van der Waals surface area contributed by atoms with Crippen LogP contribution in [0, 0.1) is 0 Å². The molecule has 7 heteroatoms. The van der Waals surface area contributed by atoms with Crippen LogP contribution >= 0.6 is 0 Å². The molecule has 0 aliphatic carbocycles. The average Bonchev–Trinajstić information content (AvgIpc) is 2.78. The van der Waals surface area contributed by atoms with E-state index in [0.717, 1.165) is 17.0 Å². The zero-order valence-corrected chi connectivity index (χ0v) is 13.1. The standard InChI is InChI=1S/C16H18F3NO3/c1-15(2,3)23-14(22)20-12(7-8-13(20)21)10-5-4-6-11(9-10)16(17,18)19/h4-6,9,12H,7-8H2,1-3H3/t12-/m1/s1. The minimum absolute atomic E-state index is 0.0974. The van der Waals surface area contributed by atoms with Gasteiger partial charge in [-0.05, 0) is 44.9 Å². The highest BCUT2D eigenvalue weighted by molar-refractivity contribution is 5.94. The van der Waals surface area contributed by atoms with Gasteiger partial charge >= 0.3 is 12.3 Å². The van der Waals surface area contributed by atoms with Gasteiger partial charge in [0.05, 0.1) is 11.6 Å². The third-order valence-electron chi connectivity index (χ3n) is 3.40. The van der Waals surface area contributed by atoms with Crippen LogP contribution in [0.4, 0.5) is 18.0 Å². The number of carbonyl (C=O) groups excluding carboxylic acids is 2. The molecule has 1 heterocycles. The zero-order chi connectivity index (χ0) is 17.4. The number of nitrogens with zero attached hydrogens (tertiary/aromatic N) is 1. The number of alkyl halides is 3. The lowest BCUT2D eigenvalue weighted by Gasteiger charge is -2.27. The molecule has 4 nitrogen and oxygen atoms in total. The Morgan fingerprint density at radius 3 is 2.48 bits per heavy atom. The number of halogens is 3. The second-order valence-electron chi connectivity index (χ2n) is 6.42. The number of ether oxygens (including phenoxy) is 1. The number of rotatable bonds is 1. The number of amides is 2. The molecule has 1 aliphatic heterocycles. The van der Waals surface area contributed by atoms with Crippen molar-refractivity contribution in [1.29, 1.82) is 0 Å². The maximum absolute atomic E-state index is 12.8. The van der Waals surface area contributed by atoms with E-state index >= 15 is 0 Å². The van der Waals surface area contributed by atoms with Gasteiger partial charge in [0.25, 0.3) is 0 Å². The lowest BCUT2D eigenvalue weighted by atomic mass is 10.0. The van der Waals surface area contributed by atoms with Crippen LogP contribution in [0.3, 0.4) is 0 Å². The van der Waals surface area contributed by atoms with Crippen LogP contribution in [0.25, 0.3) is 0 Å². The molecule has 0 bridgehead atoms. The Labute approximate surface area is 132 Å². The van der Waals surface area contributed by atoms with Crippen molar-refractivity contribution in [3.05, 3.63) is 35.4 Å². The largest absolute Gasteiger partial charge is 0.443 e. The molecule has 1 fully saturated rings. The number of hydrogen-bond acceptors (Lipinski definition) is 3. The molecule has 2 amide bonds. The van der Waals surface area contributed by atoms with Gasteiger partial charge in [0.1, 0.15) is 5.60 Å².